The lowest BCUT2D eigenvalue weighted by Gasteiger charge is -2.38. The van der Waals surface area contributed by atoms with Crippen molar-refractivity contribution >= 4 is 6.03 Å². The highest BCUT2D eigenvalue weighted by Crippen LogP contribution is 2.21. The Bertz CT molecular complexity index is 226. The smallest absolute Gasteiger partial charge is 0.317 e. The molecule has 1 unspecified atom stereocenters. The van der Waals surface area contributed by atoms with Crippen LogP contribution < -0.4 is 10.6 Å². The second-order valence-electron chi connectivity index (χ2n) is 4.61. The van der Waals surface area contributed by atoms with Crippen molar-refractivity contribution in [3.63, 3.8) is 0 Å². The molecule has 0 spiro atoms. The first-order valence-electron chi connectivity index (χ1n) is 6.04. The third-order valence-electron chi connectivity index (χ3n) is 3.67. The summed E-state index contributed by atoms with van der Waals surface area (Å²) in [5.41, 5.74) is 0. The average Bonchev–Trinajstić information content (AvgIpc) is 2.30. The van der Waals surface area contributed by atoms with E-state index in [9.17, 15) is 4.79 Å². The SMILES string of the molecule is CC(C1CCNCC1)N1CCCNC1=O. The standard InChI is InChI=1S/C11H21N3O/c1-9(10-3-6-12-7-4-10)14-8-2-5-13-11(14)15/h9-10,12H,2-8H2,1H3,(H,13,15). The van der Waals surface area contributed by atoms with Gasteiger partial charge in [0.1, 0.15) is 0 Å². The van der Waals surface area contributed by atoms with Crippen molar-refractivity contribution in [1.29, 1.82) is 0 Å². The molecule has 0 saturated carbocycles. The molecule has 0 aromatic carbocycles. The fraction of sp³-hybridized carbons (Fsp3) is 0.909. The fourth-order valence-corrected chi connectivity index (χ4v) is 2.62. The maximum atomic E-state index is 11.7. The van der Waals surface area contributed by atoms with Gasteiger partial charge >= 0.3 is 6.03 Å². The number of amides is 2. The molecule has 2 saturated heterocycles. The summed E-state index contributed by atoms with van der Waals surface area (Å²) >= 11 is 0. The van der Waals surface area contributed by atoms with E-state index in [1.807, 2.05) is 4.90 Å². The summed E-state index contributed by atoms with van der Waals surface area (Å²) in [5.74, 6) is 0.676. The van der Waals surface area contributed by atoms with Crippen LogP contribution in [0.1, 0.15) is 26.2 Å². The van der Waals surface area contributed by atoms with Crippen LogP contribution in [0, 0.1) is 5.92 Å². The number of urea groups is 1. The largest absolute Gasteiger partial charge is 0.338 e. The summed E-state index contributed by atoms with van der Waals surface area (Å²) in [6, 6.07) is 0.527. The van der Waals surface area contributed by atoms with Crippen molar-refractivity contribution in [1.82, 2.24) is 15.5 Å². The van der Waals surface area contributed by atoms with E-state index in [2.05, 4.69) is 17.6 Å². The zero-order valence-electron chi connectivity index (χ0n) is 9.46. The van der Waals surface area contributed by atoms with E-state index in [4.69, 9.17) is 0 Å². The summed E-state index contributed by atoms with van der Waals surface area (Å²) in [7, 11) is 0. The molecule has 0 aromatic heterocycles. The predicted octanol–water partition coefficient (Wildman–Crippen LogP) is 0.790. The van der Waals surface area contributed by atoms with E-state index in [-0.39, 0.29) is 6.03 Å². The first kappa shape index (κ1) is 10.7. The van der Waals surface area contributed by atoms with Crippen LogP contribution in [0.4, 0.5) is 4.79 Å². The average molecular weight is 211 g/mol. The van der Waals surface area contributed by atoms with Crippen molar-refractivity contribution in [3.8, 4) is 0 Å². The van der Waals surface area contributed by atoms with Gasteiger partial charge in [-0.2, -0.15) is 0 Å². The number of nitrogens with zero attached hydrogens (tertiary/aromatic N) is 1. The third-order valence-corrected chi connectivity index (χ3v) is 3.67. The first-order valence-corrected chi connectivity index (χ1v) is 6.04. The van der Waals surface area contributed by atoms with Crippen molar-refractivity contribution in [2.75, 3.05) is 26.2 Å². The minimum atomic E-state index is 0.132. The Morgan fingerprint density at radius 2 is 2.07 bits per heavy atom. The molecule has 4 nitrogen and oxygen atoms in total. The second-order valence-corrected chi connectivity index (χ2v) is 4.61. The van der Waals surface area contributed by atoms with Crippen molar-refractivity contribution in [3.05, 3.63) is 0 Å². The van der Waals surface area contributed by atoms with Gasteiger partial charge in [-0.3, -0.25) is 0 Å². The lowest BCUT2D eigenvalue weighted by molar-refractivity contribution is 0.130. The van der Waals surface area contributed by atoms with Crippen LogP contribution in [0.5, 0.6) is 0 Å². The molecule has 2 aliphatic rings. The number of piperidine rings is 1. The zero-order chi connectivity index (χ0) is 10.7. The van der Waals surface area contributed by atoms with Crippen molar-refractivity contribution in [2.24, 2.45) is 5.92 Å². The molecule has 0 aliphatic carbocycles. The highest BCUT2D eigenvalue weighted by atomic mass is 16.2. The topological polar surface area (TPSA) is 44.4 Å². The molecule has 0 aromatic rings. The van der Waals surface area contributed by atoms with Crippen molar-refractivity contribution < 1.29 is 4.79 Å². The fourth-order valence-electron chi connectivity index (χ4n) is 2.62. The quantitative estimate of drug-likeness (QED) is 0.709. The second kappa shape index (κ2) is 4.84. The van der Waals surface area contributed by atoms with E-state index in [1.54, 1.807) is 0 Å². The predicted molar refractivity (Wildman–Crippen MR) is 59.8 cm³/mol. The molecule has 2 N–H and O–H groups in total. The van der Waals surface area contributed by atoms with Crippen LogP contribution in [-0.4, -0.2) is 43.2 Å². The Balaban J connectivity index is 1.92. The molecular weight excluding hydrogens is 190 g/mol. The molecule has 2 fully saturated rings. The molecule has 2 rings (SSSR count). The van der Waals surface area contributed by atoms with Gasteiger partial charge in [-0.1, -0.05) is 0 Å². The van der Waals surface area contributed by atoms with Gasteiger partial charge in [-0.15, -0.1) is 0 Å². The van der Waals surface area contributed by atoms with E-state index in [0.29, 0.717) is 12.0 Å². The van der Waals surface area contributed by atoms with E-state index in [1.165, 1.54) is 12.8 Å². The number of hydrogen-bond donors (Lipinski definition) is 2. The third kappa shape index (κ3) is 2.43. The minimum absolute atomic E-state index is 0.132. The van der Waals surface area contributed by atoms with Gasteiger partial charge in [0.05, 0.1) is 0 Å². The molecular formula is C11H21N3O. The Labute approximate surface area is 91.4 Å². The first-order chi connectivity index (χ1) is 7.29. The number of rotatable bonds is 2. The van der Waals surface area contributed by atoms with Crippen LogP contribution in [0.25, 0.3) is 0 Å². The minimum Gasteiger partial charge on any atom is -0.338 e. The molecule has 2 heterocycles. The normalized spacial score (nSPS) is 26.2. The lowest BCUT2D eigenvalue weighted by atomic mass is 9.90. The van der Waals surface area contributed by atoms with Gasteiger partial charge in [-0.25, -0.2) is 4.79 Å². The van der Waals surface area contributed by atoms with Crippen LogP contribution in [0.15, 0.2) is 0 Å². The van der Waals surface area contributed by atoms with Crippen LogP contribution in [0.3, 0.4) is 0 Å². The van der Waals surface area contributed by atoms with Gasteiger partial charge in [0, 0.05) is 19.1 Å². The van der Waals surface area contributed by atoms with E-state index in [0.717, 1.165) is 32.6 Å². The number of carbonyl (C=O) groups is 1. The Kier molecular flexibility index (Phi) is 3.46. The summed E-state index contributed by atoms with van der Waals surface area (Å²) in [6.07, 6.45) is 3.48. The molecule has 1 atom stereocenters. The zero-order valence-corrected chi connectivity index (χ0v) is 9.46. The number of nitrogens with one attached hydrogen (secondary N) is 2. The van der Waals surface area contributed by atoms with Gasteiger partial charge in [0.15, 0.2) is 0 Å². The molecule has 15 heavy (non-hydrogen) atoms. The van der Waals surface area contributed by atoms with Crippen LogP contribution in [0.2, 0.25) is 0 Å². The Morgan fingerprint density at radius 1 is 1.33 bits per heavy atom. The van der Waals surface area contributed by atoms with Gasteiger partial charge in [0.2, 0.25) is 0 Å². The van der Waals surface area contributed by atoms with Gasteiger partial charge in [-0.05, 0) is 45.2 Å². The van der Waals surface area contributed by atoms with Crippen LogP contribution in [-0.2, 0) is 0 Å². The van der Waals surface area contributed by atoms with E-state index < -0.39 is 0 Å². The number of hydrogen-bond acceptors (Lipinski definition) is 2. The number of carbonyl (C=O) groups excluding carboxylic acids is 1. The van der Waals surface area contributed by atoms with Crippen LogP contribution >= 0.6 is 0 Å². The molecule has 4 heteroatoms. The highest BCUT2D eigenvalue weighted by molar-refractivity contribution is 5.75. The molecule has 86 valence electrons. The van der Waals surface area contributed by atoms with Gasteiger partial charge < -0.3 is 15.5 Å². The summed E-state index contributed by atoms with van der Waals surface area (Å²) in [6.45, 7) is 6.17. The van der Waals surface area contributed by atoms with E-state index >= 15 is 0 Å². The molecule has 2 aliphatic heterocycles. The van der Waals surface area contributed by atoms with Crippen molar-refractivity contribution in [2.45, 2.75) is 32.2 Å². The summed E-state index contributed by atoms with van der Waals surface area (Å²) in [4.78, 5) is 13.7. The maximum absolute atomic E-state index is 11.7. The van der Waals surface area contributed by atoms with Gasteiger partial charge in [0.25, 0.3) is 0 Å². The molecule has 0 bridgehead atoms. The summed E-state index contributed by atoms with van der Waals surface area (Å²) in [5, 5.41) is 6.29. The Morgan fingerprint density at radius 3 is 2.73 bits per heavy atom. The maximum Gasteiger partial charge on any atom is 0.317 e. The lowest BCUT2D eigenvalue weighted by Crippen LogP contribution is -2.53. The Hall–Kier alpha value is -0.770. The molecule has 2 amide bonds. The monoisotopic (exact) mass is 211 g/mol. The highest BCUT2D eigenvalue weighted by Gasteiger charge is 2.29. The summed E-state index contributed by atoms with van der Waals surface area (Å²) < 4.78 is 0. The molecule has 0 radical (unpaired) electrons.